The van der Waals surface area contributed by atoms with Crippen molar-refractivity contribution in [1.82, 2.24) is 29.5 Å². The van der Waals surface area contributed by atoms with Crippen LogP contribution in [0.15, 0.2) is 91.3 Å². The summed E-state index contributed by atoms with van der Waals surface area (Å²) >= 11 is 0. The van der Waals surface area contributed by atoms with Crippen LogP contribution < -0.4 is 20.5 Å². The topological polar surface area (TPSA) is 107 Å². The molecule has 0 saturated carbocycles. The zero-order chi connectivity index (χ0) is 35.6. The number of nitrogens with two attached hydrogens (primary N) is 1. The highest BCUT2D eigenvalue weighted by molar-refractivity contribution is 5.85. The molecule has 2 aromatic heterocycles. The fraction of sp³-hybridized carbons (Fsp3) is 0.390. The van der Waals surface area contributed by atoms with Crippen LogP contribution in [-0.2, 0) is 7.05 Å². The molecule has 12 heteroatoms. The Balaban J connectivity index is 0.000000294. The number of nitrogen functional groups attached to an aromatic ring is 1. The van der Waals surface area contributed by atoms with Crippen molar-refractivity contribution in [2.75, 3.05) is 64.5 Å². The van der Waals surface area contributed by atoms with Gasteiger partial charge in [0.05, 0.1) is 18.9 Å². The molecule has 2 saturated heterocycles. The first-order valence-electron chi connectivity index (χ1n) is 18.1. The Morgan fingerprint density at radius 1 is 0.755 bits per heavy atom. The summed E-state index contributed by atoms with van der Waals surface area (Å²) in [6.07, 6.45) is 8.62. The number of nitrogens with zero attached hydrogens (tertiary/aromatic N) is 6. The van der Waals surface area contributed by atoms with E-state index in [4.69, 9.17) is 25.3 Å². The van der Waals surface area contributed by atoms with E-state index in [9.17, 15) is 0 Å². The second kappa shape index (κ2) is 20.2. The van der Waals surface area contributed by atoms with Gasteiger partial charge in [-0.1, -0.05) is 42.0 Å². The highest BCUT2D eigenvalue weighted by Gasteiger charge is 2.19. The third-order valence-electron chi connectivity index (χ3n) is 9.68. The van der Waals surface area contributed by atoms with Crippen LogP contribution >= 0.6 is 24.8 Å². The Kier molecular flexibility index (Phi) is 15.8. The van der Waals surface area contributed by atoms with Gasteiger partial charge in [-0.05, 0) is 115 Å². The molecule has 0 radical (unpaired) electrons. The fourth-order valence-corrected chi connectivity index (χ4v) is 6.45. The minimum Gasteiger partial charge on any atom is -0.493 e. The summed E-state index contributed by atoms with van der Waals surface area (Å²) in [7, 11) is 6.29. The molecule has 284 valence electrons. The SMILES string of the molecule is CN1CCC(COc2cccc(N)c2)CC1.Cc1ccc(-c2nn(C)cc2-c2ccnc(Nc3cccc(OCC4CCN(C)CC4)c3)n2)cc1.Cl.Cl. The van der Waals surface area contributed by atoms with Crippen molar-refractivity contribution in [2.24, 2.45) is 18.9 Å². The standard InChI is InChI=1S/C28H32N6O.C13H20N2O.2ClH/c1-20-7-9-22(10-8-20)27-25(18-34(3)32-27)26-11-14-29-28(31-26)30-23-5-4-6-24(17-23)35-19-21-12-15-33(2)16-13-21;1-15-7-5-11(6-8-15)10-16-13-4-2-3-12(14)9-13;;/h4-11,14,17-18,21H,12-13,15-16,19H2,1-3H3,(H,29,30,31);2-4,9,11H,5-8,10,14H2,1H3;2*1H. The lowest BCUT2D eigenvalue weighted by Gasteiger charge is -2.28. The molecule has 0 bridgehead atoms. The predicted octanol–water partition coefficient (Wildman–Crippen LogP) is 8.15. The maximum Gasteiger partial charge on any atom is 0.227 e. The molecule has 0 unspecified atom stereocenters. The molecule has 0 atom stereocenters. The van der Waals surface area contributed by atoms with E-state index in [-0.39, 0.29) is 24.8 Å². The van der Waals surface area contributed by atoms with E-state index in [1.54, 1.807) is 6.20 Å². The van der Waals surface area contributed by atoms with Gasteiger partial charge in [0.25, 0.3) is 0 Å². The number of piperidine rings is 2. The van der Waals surface area contributed by atoms with Crippen molar-refractivity contribution < 1.29 is 9.47 Å². The minimum absolute atomic E-state index is 0. The van der Waals surface area contributed by atoms with Crippen molar-refractivity contribution >= 4 is 42.1 Å². The molecule has 3 aromatic carbocycles. The molecular formula is C41H54Cl2N8O2. The van der Waals surface area contributed by atoms with E-state index >= 15 is 0 Å². The Bertz CT molecular complexity index is 1840. The van der Waals surface area contributed by atoms with Crippen molar-refractivity contribution in [1.29, 1.82) is 0 Å². The lowest BCUT2D eigenvalue weighted by atomic mass is 9.98. The number of anilines is 3. The van der Waals surface area contributed by atoms with Crippen molar-refractivity contribution in [2.45, 2.75) is 32.6 Å². The number of aromatic nitrogens is 4. The van der Waals surface area contributed by atoms with Gasteiger partial charge in [-0.25, -0.2) is 9.97 Å². The molecule has 53 heavy (non-hydrogen) atoms. The molecule has 3 N–H and O–H groups in total. The largest absolute Gasteiger partial charge is 0.493 e. The molecule has 0 amide bonds. The average Bonchev–Trinajstić information content (AvgIpc) is 3.53. The van der Waals surface area contributed by atoms with Crippen LogP contribution in [-0.4, -0.2) is 83.0 Å². The second-order valence-electron chi connectivity index (χ2n) is 14.0. The van der Waals surface area contributed by atoms with E-state index in [1.807, 2.05) is 72.5 Å². The lowest BCUT2D eigenvalue weighted by Crippen LogP contribution is -2.32. The number of ether oxygens (including phenoxy) is 2. The zero-order valence-electron chi connectivity index (χ0n) is 31.3. The molecule has 5 aromatic rings. The van der Waals surface area contributed by atoms with E-state index < -0.39 is 0 Å². The van der Waals surface area contributed by atoms with Gasteiger partial charge in [0, 0.05) is 54.1 Å². The summed E-state index contributed by atoms with van der Waals surface area (Å²) in [5.74, 6) is 3.59. The molecule has 0 spiro atoms. The summed E-state index contributed by atoms with van der Waals surface area (Å²) in [4.78, 5) is 14.0. The fourth-order valence-electron chi connectivity index (χ4n) is 6.45. The lowest BCUT2D eigenvalue weighted by molar-refractivity contribution is 0.160. The molecule has 2 aliphatic rings. The average molecular weight is 762 g/mol. The first kappa shape index (κ1) is 41.4. The smallest absolute Gasteiger partial charge is 0.227 e. The van der Waals surface area contributed by atoms with Gasteiger partial charge >= 0.3 is 0 Å². The number of rotatable bonds is 10. The monoisotopic (exact) mass is 760 g/mol. The maximum absolute atomic E-state index is 6.12. The number of benzene rings is 3. The van der Waals surface area contributed by atoms with Crippen LogP contribution in [0.5, 0.6) is 11.5 Å². The third-order valence-corrected chi connectivity index (χ3v) is 9.68. The molecule has 7 rings (SSSR count). The Labute approximate surface area is 326 Å². The molecule has 0 aliphatic carbocycles. The van der Waals surface area contributed by atoms with E-state index in [0.29, 0.717) is 17.8 Å². The molecular weight excluding hydrogens is 707 g/mol. The molecule has 2 aliphatic heterocycles. The number of hydrogen-bond donors (Lipinski definition) is 2. The van der Waals surface area contributed by atoms with E-state index in [2.05, 4.69) is 65.4 Å². The third kappa shape index (κ3) is 12.4. The Hall–Kier alpha value is -4.35. The van der Waals surface area contributed by atoms with Crippen molar-refractivity contribution in [3.05, 3.63) is 96.8 Å². The van der Waals surface area contributed by atoms with Gasteiger partial charge in [0.1, 0.15) is 17.2 Å². The summed E-state index contributed by atoms with van der Waals surface area (Å²) in [5, 5.41) is 8.03. The first-order valence-corrected chi connectivity index (χ1v) is 18.1. The summed E-state index contributed by atoms with van der Waals surface area (Å²) in [6, 6.07) is 26.0. The van der Waals surface area contributed by atoms with E-state index in [1.165, 1.54) is 44.3 Å². The normalized spacial score (nSPS) is 15.3. The summed E-state index contributed by atoms with van der Waals surface area (Å²) in [5.41, 5.74) is 12.3. The van der Waals surface area contributed by atoms with Crippen LogP contribution in [0.1, 0.15) is 31.2 Å². The second-order valence-corrected chi connectivity index (χ2v) is 14.0. The van der Waals surface area contributed by atoms with E-state index in [0.717, 1.165) is 71.7 Å². The molecule has 4 heterocycles. The van der Waals surface area contributed by atoms with Crippen molar-refractivity contribution in [3.8, 4) is 34.0 Å². The first-order chi connectivity index (χ1) is 24.8. The quantitative estimate of drug-likeness (QED) is 0.137. The van der Waals surface area contributed by atoms with Crippen molar-refractivity contribution in [3.63, 3.8) is 0 Å². The summed E-state index contributed by atoms with van der Waals surface area (Å²) in [6.45, 7) is 8.32. The minimum atomic E-state index is 0. The Morgan fingerprint density at radius 2 is 1.34 bits per heavy atom. The van der Waals surface area contributed by atoms with Crippen LogP contribution in [0.25, 0.3) is 22.5 Å². The highest BCUT2D eigenvalue weighted by Crippen LogP contribution is 2.31. The Morgan fingerprint density at radius 3 is 1.94 bits per heavy atom. The van der Waals surface area contributed by atoms with Crippen LogP contribution in [0.3, 0.4) is 0 Å². The van der Waals surface area contributed by atoms with Crippen LogP contribution in [0.4, 0.5) is 17.3 Å². The molecule has 2 fully saturated rings. The summed E-state index contributed by atoms with van der Waals surface area (Å²) < 4.78 is 13.7. The van der Waals surface area contributed by atoms with Gasteiger partial charge in [0.15, 0.2) is 0 Å². The number of halogens is 2. The van der Waals surface area contributed by atoms with Gasteiger partial charge in [-0.15, -0.1) is 24.8 Å². The molecule has 10 nitrogen and oxygen atoms in total. The van der Waals surface area contributed by atoms with Gasteiger partial charge < -0.3 is 30.3 Å². The van der Waals surface area contributed by atoms with Crippen LogP contribution in [0.2, 0.25) is 0 Å². The number of hydrogen-bond acceptors (Lipinski definition) is 9. The van der Waals surface area contributed by atoms with Gasteiger partial charge in [-0.2, -0.15) is 5.10 Å². The number of likely N-dealkylation sites (tertiary alicyclic amines) is 2. The predicted molar refractivity (Wildman–Crippen MR) is 221 cm³/mol. The highest BCUT2D eigenvalue weighted by atomic mass is 35.5. The van der Waals surface area contributed by atoms with Crippen LogP contribution in [0, 0.1) is 18.8 Å². The maximum atomic E-state index is 6.12. The zero-order valence-corrected chi connectivity index (χ0v) is 32.9. The van der Waals surface area contributed by atoms with Gasteiger partial charge in [-0.3, -0.25) is 4.68 Å². The van der Waals surface area contributed by atoms with Gasteiger partial charge in [0.2, 0.25) is 5.95 Å². The number of aryl methyl sites for hydroxylation is 2. The number of nitrogens with one attached hydrogen (secondary N) is 1.